The fraction of sp³-hybridized carbons (Fsp3) is 0.348. The zero-order valence-corrected chi connectivity index (χ0v) is 18.8. The quantitative estimate of drug-likeness (QED) is 0.473. The first-order valence-electron chi connectivity index (χ1n) is 10.0. The second kappa shape index (κ2) is 10.3. The molecule has 0 spiro atoms. The molecule has 2 aromatic carbocycles. The van der Waals surface area contributed by atoms with Crippen LogP contribution in [-0.2, 0) is 17.8 Å². The Morgan fingerprint density at radius 3 is 2.58 bits per heavy atom. The van der Waals surface area contributed by atoms with Gasteiger partial charge in [-0.3, -0.25) is 4.79 Å². The Morgan fingerprint density at radius 2 is 1.90 bits per heavy atom. The number of hydrogen-bond donors (Lipinski definition) is 0. The number of carbonyl (C=O) groups is 1. The van der Waals surface area contributed by atoms with Crippen LogP contribution in [-0.4, -0.2) is 41.3 Å². The lowest BCUT2D eigenvalue weighted by molar-refractivity contribution is -0.133. The molecular formula is C23H26ClN3O4. The molecule has 0 unspecified atom stereocenters. The zero-order valence-electron chi connectivity index (χ0n) is 18.1. The van der Waals surface area contributed by atoms with Crippen LogP contribution in [0.15, 0.2) is 46.9 Å². The molecule has 0 bridgehead atoms. The second-order valence-corrected chi connectivity index (χ2v) is 7.68. The molecule has 31 heavy (non-hydrogen) atoms. The largest absolute Gasteiger partial charge is 0.497 e. The van der Waals surface area contributed by atoms with E-state index >= 15 is 0 Å². The number of carbonyl (C=O) groups excluding carboxylic acids is 1. The summed E-state index contributed by atoms with van der Waals surface area (Å²) in [6.07, 6.45) is 0.838. The molecule has 1 heterocycles. The molecule has 0 fully saturated rings. The summed E-state index contributed by atoms with van der Waals surface area (Å²) in [6.45, 7) is 4.13. The van der Waals surface area contributed by atoms with Crippen molar-refractivity contribution >= 4 is 17.5 Å². The molecule has 3 aromatic rings. The number of nitrogens with zero attached hydrogens (tertiary/aromatic N) is 3. The van der Waals surface area contributed by atoms with Gasteiger partial charge in [0, 0.05) is 12.5 Å². The van der Waals surface area contributed by atoms with Gasteiger partial charge in [0.05, 0.1) is 31.4 Å². The Kier molecular flexibility index (Phi) is 7.52. The molecule has 1 amide bonds. The molecule has 0 atom stereocenters. The van der Waals surface area contributed by atoms with Crippen LogP contribution in [0.1, 0.15) is 31.7 Å². The van der Waals surface area contributed by atoms with Crippen LogP contribution < -0.4 is 9.47 Å². The van der Waals surface area contributed by atoms with Crippen LogP contribution in [0.25, 0.3) is 11.5 Å². The second-order valence-electron chi connectivity index (χ2n) is 7.27. The fourth-order valence-corrected chi connectivity index (χ4v) is 3.44. The minimum Gasteiger partial charge on any atom is -0.497 e. The van der Waals surface area contributed by atoms with Crippen LogP contribution in [0.2, 0.25) is 5.02 Å². The Balaban J connectivity index is 1.70. The fourth-order valence-electron chi connectivity index (χ4n) is 3.23. The Labute approximate surface area is 186 Å². The lowest BCUT2D eigenvalue weighted by atomic mass is 10.1. The number of rotatable bonds is 9. The van der Waals surface area contributed by atoms with Gasteiger partial charge in [-0.05, 0) is 56.2 Å². The minimum absolute atomic E-state index is 0.0163. The number of halogens is 1. The molecule has 0 aliphatic heterocycles. The normalized spacial score (nSPS) is 10.9. The topological polar surface area (TPSA) is 77.7 Å². The third kappa shape index (κ3) is 5.55. The molecule has 0 aliphatic carbocycles. The third-order valence-corrected chi connectivity index (χ3v) is 5.25. The number of ether oxygens (including phenoxy) is 2. The van der Waals surface area contributed by atoms with Crippen molar-refractivity contribution in [3.8, 4) is 23.0 Å². The van der Waals surface area contributed by atoms with Gasteiger partial charge in [-0.15, -0.1) is 10.2 Å². The van der Waals surface area contributed by atoms with Crippen LogP contribution in [0.4, 0.5) is 0 Å². The van der Waals surface area contributed by atoms with Gasteiger partial charge < -0.3 is 18.8 Å². The molecule has 0 saturated carbocycles. The van der Waals surface area contributed by atoms with Crippen molar-refractivity contribution in [3.63, 3.8) is 0 Å². The van der Waals surface area contributed by atoms with Crippen LogP contribution in [0, 0.1) is 0 Å². The summed E-state index contributed by atoms with van der Waals surface area (Å²) in [5, 5.41) is 8.72. The Morgan fingerprint density at radius 1 is 1.13 bits per heavy atom. The Bertz CT molecular complexity index is 1040. The van der Waals surface area contributed by atoms with E-state index in [1.165, 1.54) is 0 Å². The molecule has 0 saturated heterocycles. The van der Waals surface area contributed by atoms with E-state index in [-0.39, 0.29) is 18.5 Å². The Hall–Kier alpha value is -3.06. The minimum atomic E-state index is -0.0321. The molecule has 0 aliphatic rings. The zero-order chi connectivity index (χ0) is 22.4. The predicted molar refractivity (Wildman–Crippen MR) is 118 cm³/mol. The van der Waals surface area contributed by atoms with Gasteiger partial charge in [0.2, 0.25) is 17.7 Å². The molecule has 0 radical (unpaired) electrons. The summed E-state index contributed by atoms with van der Waals surface area (Å²) in [4.78, 5) is 14.7. The summed E-state index contributed by atoms with van der Waals surface area (Å²) in [5.74, 6) is 2.12. The number of aryl methyl sites for hydroxylation is 1. The first kappa shape index (κ1) is 22.6. The molecule has 1 aromatic heterocycles. The smallest absolute Gasteiger partial charge is 0.249 e. The number of amides is 1. The van der Waals surface area contributed by atoms with E-state index in [0.29, 0.717) is 35.2 Å². The average molecular weight is 444 g/mol. The number of aromatic nitrogens is 2. The summed E-state index contributed by atoms with van der Waals surface area (Å²) < 4.78 is 16.5. The summed E-state index contributed by atoms with van der Waals surface area (Å²) in [6, 6.07) is 12.8. The van der Waals surface area contributed by atoms with Crippen molar-refractivity contribution in [1.29, 1.82) is 0 Å². The van der Waals surface area contributed by atoms with Gasteiger partial charge in [-0.25, -0.2) is 0 Å². The highest BCUT2D eigenvalue weighted by molar-refractivity contribution is 6.33. The van der Waals surface area contributed by atoms with Crippen molar-refractivity contribution in [2.75, 3.05) is 14.2 Å². The van der Waals surface area contributed by atoms with E-state index in [0.717, 1.165) is 17.1 Å². The lowest BCUT2D eigenvalue weighted by Gasteiger charge is -2.25. The SMILES string of the molecule is COc1ccc(OC)c(CCC(=O)N(Cc2nnc(-c3ccccc3Cl)o2)C(C)C)c1. The monoisotopic (exact) mass is 443 g/mol. The van der Waals surface area contributed by atoms with E-state index in [2.05, 4.69) is 10.2 Å². The van der Waals surface area contributed by atoms with E-state index < -0.39 is 0 Å². The van der Waals surface area contributed by atoms with Crippen LogP contribution >= 0.6 is 11.6 Å². The van der Waals surface area contributed by atoms with Crippen LogP contribution in [0.3, 0.4) is 0 Å². The highest BCUT2D eigenvalue weighted by Gasteiger charge is 2.21. The molecule has 8 heteroatoms. The highest BCUT2D eigenvalue weighted by atomic mass is 35.5. The number of methoxy groups -OCH3 is 2. The third-order valence-electron chi connectivity index (χ3n) is 4.92. The summed E-state index contributed by atoms with van der Waals surface area (Å²) in [5.41, 5.74) is 1.58. The van der Waals surface area contributed by atoms with Crippen molar-refractivity contribution in [1.82, 2.24) is 15.1 Å². The van der Waals surface area contributed by atoms with Gasteiger partial charge >= 0.3 is 0 Å². The first-order chi connectivity index (χ1) is 14.9. The van der Waals surface area contributed by atoms with Crippen molar-refractivity contribution in [3.05, 3.63) is 58.9 Å². The molecular weight excluding hydrogens is 418 g/mol. The van der Waals surface area contributed by atoms with E-state index in [4.69, 9.17) is 25.5 Å². The van der Waals surface area contributed by atoms with Gasteiger partial charge in [-0.1, -0.05) is 23.7 Å². The maximum atomic E-state index is 13.0. The van der Waals surface area contributed by atoms with E-state index in [1.54, 1.807) is 25.2 Å². The van der Waals surface area contributed by atoms with E-state index in [9.17, 15) is 4.79 Å². The first-order valence-corrected chi connectivity index (χ1v) is 10.4. The number of hydrogen-bond acceptors (Lipinski definition) is 6. The van der Waals surface area contributed by atoms with E-state index in [1.807, 2.05) is 50.2 Å². The maximum Gasteiger partial charge on any atom is 0.249 e. The van der Waals surface area contributed by atoms with Gasteiger partial charge in [0.15, 0.2) is 0 Å². The van der Waals surface area contributed by atoms with Crippen molar-refractivity contribution in [2.24, 2.45) is 0 Å². The van der Waals surface area contributed by atoms with Crippen molar-refractivity contribution < 1.29 is 18.7 Å². The highest BCUT2D eigenvalue weighted by Crippen LogP contribution is 2.27. The molecule has 7 nitrogen and oxygen atoms in total. The van der Waals surface area contributed by atoms with Crippen LogP contribution in [0.5, 0.6) is 11.5 Å². The molecule has 0 N–H and O–H groups in total. The van der Waals surface area contributed by atoms with Gasteiger partial charge in [0.25, 0.3) is 0 Å². The predicted octanol–water partition coefficient (Wildman–Crippen LogP) is 4.78. The molecule has 3 rings (SSSR count). The average Bonchev–Trinajstić information content (AvgIpc) is 3.24. The summed E-state index contributed by atoms with van der Waals surface area (Å²) >= 11 is 6.21. The lowest BCUT2D eigenvalue weighted by Crippen LogP contribution is -2.36. The van der Waals surface area contributed by atoms with Gasteiger partial charge in [-0.2, -0.15) is 0 Å². The summed E-state index contributed by atoms with van der Waals surface area (Å²) in [7, 11) is 3.22. The van der Waals surface area contributed by atoms with Gasteiger partial charge in [0.1, 0.15) is 11.5 Å². The molecule has 164 valence electrons. The maximum absolute atomic E-state index is 13.0. The standard InChI is InChI=1S/C23H26ClN3O4/c1-15(2)27(14-21-25-26-23(31-21)18-7-5-6-8-19(18)24)22(28)12-9-16-13-17(29-3)10-11-20(16)30-4/h5-8,10-11,13,15H,9,12,14H2,1-4H3. The van der Waals surface area contributed by atoms with Crippen molar-refractivity contribution in [2.45, 2.75) is 39.3 Å². The number of benzene rings is 2.